The summed E-state index contributed by atoms with van der Waals surface area (Å²) in [6.07, 6.45) is -1.61. The van der Waals surface area contributed by atoms with Gasteiger partial charge in [0.25, 0.3) is 0 Å². The van der Waals surface area contributed by atoms with E-state index in [-0.39, 0.29) is 24.0 Å². The van der Waals surface area contributed by atoms with Crippen LogP contribution in [-0.2, 0) is 30.2 Å². The number of alkyl halides is 1. The average Bonchev–Trinajstić information content (AvgIpc) is 3.49. The van der Waals surface area contributed by atoms with E-state index in [1.54, 1.807) is 37.3 Å². The number of halogens is 2. The molecule has 4 rings (SSSR count). The van der Waals surface area contributed by atoms with Crippen molar-refractivity contribution < 1.29 is 33.3 Å². The van der Waals surface area contributed by atoms with Crippen molar-refractivity contribution in [2.24, 2.45) is 0 Å². The molecule has 5 atom stereocenters. The van der Waals surface area contributed by atoms with Gasteiger partial charge in [0.05, 0.1) is 19.5 Å². The van der Waals surface area contributed by atoms with Gasteiger partial charge in [0, 0.05) is 6.42 Å². The maximum Gasteiger partial charge on any atom is 0.346 e. The summed E-state index contributed by atoms with van der Waals surface area (Å²) in [6, 6.07) is 8.85. The predicted octanol–water partition coefficient (Wildman–Crippen LogP) is 4.51. The Morgan fingerprint density at radius 3 is 2.66 bits per heavy atom. The zero-order valence-electron chi connectivity index (χ0n) is 23.2. The summed E-state index contributed by atoms with van der Waals surface area (Å²) >= 11 is 7.68. The highest BCUT2D eigenvalue weighted by Crippen LogP contribution is 2.36. The van der Waals surface area contributed by atoms with Gasteiger partial charge in [-0.25, -0.2) is 19.2 Å². The van der Waals surface area contributed by atoms with Crippen molar-refractivity contribution in [3.8, 4) is 0 Å². The number of benzene rings is 1. The molecule has 13 heteroatoms. The molecule has 0 amide bonds. The molecular formula is C28H34ClFN4O6S. The molecule has 0 radical (unpaired) electrons. The summed E-state index contributed by atoms with van der Waals surface area (Å²) in [6.45, 7) is 4.54. The van der Waals surface area contributed by atoms with E-state index in [0.29, 0.717) is 16.1 Å². The summed E-state index contributed by atoms with van der Waals surface area (Å²) in [5.74, 6) is -0.640. The highest BCUT2D eigenvalue weighted by molar-refractivity contribution is 7.99. The number of esters is 1. The molecule has 1 unspecified atom stereocenters. The van der Waals surface area contributed by atoms with E-state index in [4.69, 9.17) is 25.8 Å². The van der Waals surface area contributed by atoms with Crippen molar-refractivity contribution in [1.82, 2.24) is 19.5 Å². The monoisotopic (exact) mass is 608 g/mol. The Morgan fingerprint density at radius 1 is 1.22 bits per heavy atom. The number of hydrogen-bond donors (Lipinski definition) is 1. The van der Waals surface area contributed by atoms with Crippen LogP contribution in [0.2, 0.25) is 5.28 Å². The molecule has 41 heavy (non-hydrogen) atoms. The van der Waals surface area contributed by atoms with Crippen LogP contribution < -0.4 is 0 Å². The molecule has 1 aliphatic rings. The van der Waals surface area contributed by atoms with Crippen LogP contribution in [0.3, 0.4) is 0 Å². The lowest BCUT2D eigenvalue weighted by Crippen LogP contribution is -2.52. The normalized spacial score (nSPS) is 22.1. The Kier molecular flexibility index (Phi) is 10.7. The van der Waals surface area contributed by atoms with E-state index in [9.17, 15) is 14.7 Å². The van der Waals surface area contributed by atoms with Crippen molar-refractivity contribution in [2.75, 3.05) is 19.0 Å². The van der Waals surface area contributed by atoms with Crippen LogP contribution in [0.1, 0.15) is 51.8 Å². The molecule has 0 bridgehead atoms. The number of carbonyl (C=O) groups excluding carboxylic acids is 2. The second-order valence-electron chi connectivity index (χ2n) is 9.75. The lowest BCUT2D eigenvalue weighted by Gasteiger charge is -2.30. The number of hydrogen-bond acceptors (Lipinski definition) is 10. The number of ketones is 1. The molecule has 1 N–H and O–H groups in total. The fraction of sp³-hybridized carbons (Fsp3) is 0.536. The third-order valence-corrected chi connectivity index (χ3v) is 8.10. The molecular weight excluding hydrogens is 575 g/mol. The Labute approximate surface area is 246 Å². The molecule has 1 aromatic carbocycles. The van der Waals surface area contributed by atoms with E-state index in [0.717, 1.165) is 25.0 Å². The summed E-state index contributed by atoms with van der Waals surface area (Å²) < 4.78 is 33.9. The molecule has 3 aromatic rings. The quantitative estimate of drug-likeness (QED) is 0.0698. The number of ether oxygens (including phenoxy) is 3. The van der Waals surface area contributed by atoms with E-state index < -0.39 is 48.6 Å². The Balaban J connectivity index is 1.56. The first-order valence-corrected chi connectivity index (χ1v) is 14.9. The van der Waals surface area contributed by atoms with E-state index >= 15 is 4.39 Å². The standard InChI is InChI=1S/C28H34ClFN4O6S/c1-4-6-10-13-41-24-21-23(32-27(29)33-24)34(16-31-21)25-20(30)22(36)19(40-25)15-39-28(17(3)35,26(37)38-5-2)14-18-11-8-7-9-12-18/h7-9,11-12,16,19-20,22,25,36H,4-6,10,13-15H2,1-3H3/t19-,20+,22-,25-,28?/m1/s1. The first kappa shape index (κ1) is 31.3. The van der Waals surface area contributed by atoms with Crippen LogP contribution in [0.15, 0.2) is 41.7 Å². The van der Waals surface area contributed by atoms with E-state index in [1.807, 2.05) is 0 Å². The lowest BCUT2D eigenvalue weighted by atomic mass is 9.90. The summed E-state index contributed by atoms with van der Waals surface area (Å²) in [5.41, 5.74) is -0.633. The molecule has 1 saturated heterocycles. The summed E-state index contributed by atoms with van der Waals surface area (Å²) in [4.78, 5) is 38.8. The molecule has 0 saturated carbocycles. The van der Waals surface area contributed by atoms with Gasteiger partial charge in [-0.15, -0.1) is 11.8 Å². The molecule has 0 aliphatic carbocycles. The van der Waals surface area contributed by atoms with Crippen LogP contribution in [0.25, 0.3) is 11.2 Å². The van der Waals surface area contributed by atoms with Gasteiger partial charge in [0.1, 0.15) is 22.8 Å². The van der Waals surface area contributed by atoms with Crippen molar-refractivity contribution >= 4 is 46.3 Å². The summed E-state index contributed by atoms with van der Waals surface area (Å²) in [5, 5.41) is 11.3. The van der Waals surface area contributed by atoms with E-state index in [1.165, 1.54) is 29.6 Å². The number of carbonyl (C=O) groups is 2. The van der Waals surface area contributed by atoms with E-state index in [2.05, 4.69) is 21.9 Å². The summed E-state index contributed by atoms with van der Waals surface area (Å²) in [7, 11) is 0. The Hall–Kier alpha value is -2.64. The highest BCUT2D eigenvalue weighted by Gasteiger charge is 2.50. The number of fused-ring (bicyclic) bond motifs is 1. The molecule has 0 spiro atoms. The smallest absolute Gasteiger partial charge is 0.346 e. The molecule has 1 fully saturated rings. The second kappa shape index (κ2) is 14.0. The molecule has 1 aliphatic heterocycles. The molecule has 3 heterocycles. The Morgan fingerprint density at radius 2 is 1.98 bits per heavy atom. The fourth-order valence-electron chi connectivity index (χ4n) is 4.65. The largest absolute Gasteiger partial charge is 0.463 e. The number of Topliss-reactive ketones (excluding diaryl/α,β-unsaturated/α-hetero) is 1. The fourth-order valence-corrected chi connectivity index (χ4v) is 5.83. The van der Waals surface area contributed by atoms with Gasteiger partial charge in [-0.05, 0) is 43.2 Å². The molecule has 222 valence electrons. The first-order valence-electron chi connectivity index (χ1n) is 13.6. The average molecular weight is 609 g/mol. The van der Waals surface area contributed by atoms with Gasteiger partial charge in [0.15, 0.2) is 23.8 Å². The number of imidazole rings is 1. The SMILES string of the molecule is CCCCCSc1nc(Cl)nc2c1ncn2[C@@H]1O[C@H](COC(Cc2ccccc2)(C(C)=O)C(=O)OCC)[C@@H](O)[C@@H]1F. The lowest BCUT2D eigenvalue weighted by molar-refractivity contribution is -0.183. The number of nitrogens with zero attached hydrogens (tertiary/aromatic N) is 4. The van der Waals surface area contributed by atoms with Crippen LogP contribution in [0.4, 0.5) is 4.39 Å². The third-order valence-electron chi connectivity index (χ3n) is 6.88. The zero-order valence-corrected chi connectivity index (χ0v) is 24.7. The molecule has 2 aromatic heterocycles. The zero-order chi connectivity index (χ0) is 29.6. The van der Waals surface area contributed by atoms with Crippen molar-refractivity contribution in [3.63, 3.8) is 0 Å². The highest BCUT2D eigenvalue weighted by atomic mass is 35.5. The van der Waals surface area contributed by atoms with Gasteiger partial charge in [-0.1, -0.05) is 50.1 Å². The van der Waals surface area contributed by atoms with Crippen LogP contribution in [0, 0.1) is 0 Å². The molecule has 10 nitrogen and oxygen atoms in total. The van der Waals surface area contributed by atoms with Gasteiger partial charge in [-0.2, -0.15) is 4.98 Å². The minimum atomic E-state index is -2.00. The number of rotatable bonds is 14. The first-order chi connectivity index (χ1) is 19.7. The van der Waals surface area contributed by atoms with Gasteiger partial charge in [0.2, 0.25) is 10.9 Å². The maximum atomic E-state index is 15.5. The van der Waals surface area contributed by atoms with Crippen molar-refractivity contribution in [3.05, 3.63) is 47.5 Å². The number of aliphatic hydroxyl groups is 1. The predicted molar refractivity (Wildman–Crippen MR) is 152 cm³/mol. The third kappa shape index (κ3) is 6.89. The van der Waals surface area contributed by atoms with Gasteiger partial charge in [-0.3, -0.25) is 9.36 Å². The maximum absolute atomic E-state index is 15.5. The number of aliphatic hydroxyl groups excluding tert-OH is 1. The van der Waals surface area contributed by atoms with Crippen LogP contribution in [-0.4, -0.2) is 79.3 Å². The van der Waals surface area contributed by atoms with Crippen LogP contribution >= 0.6 is 23.4 Å². The Bertz CT molecular complexity index is 1350. The number of thioether (sulfide) groups is 1. The van der Waals surface area contributed by atoms with Gasteiger partial charge >= 0.3 is 5.97 Å². The van der Waals surface area contributed by atoms with Crippen LogP contribution in [0.5, 0.6) is 0 Å². The van der Waals surface area contributed by atoms with Crippen molar-refractivity contribution in [1.29, 1.82) is 0 Å². The van der Waals surface area contributed by atoms with Crippen molar-refractivity contribution in [2.45, 2.75) is 81.7 Å². The van der Waals surface area contributed by atoms with Gasteiger partial charge < -0.3 is 19.3 Å². The number of aromatic nitrogens is 4. The minimum Gasteiger partial charge on any atom is -0.463 e. The topological polar surface area (TPSA) is 126 Å². The number of unbranched alkanes of at least 4 members (excludes halogenated alkanes) is 2. The second-order valence-corrected chi connectivity index (χ2v) is 11.2. The minimum absolute atomic E-state index is 0.0207.